The zero-order valence-electron chi connectivity index (χ0n) is 8.46. The van der Waals surface area contributed by atoms with Crippen molar-refractivity contribution in [3.8, 4) is 0 Å². The first-order chi connectivity index (χ1) is 7.43. The molecule has 0 fully saturated rings. The Kier molecular flexibility index (Phi) is 4.32. The summed E-state index contributed by atoms with van der Waals surface area (Å²) in [5.41, 5.74) is 5.40. The van der Waals surface area contributed by atoms with Crippen molar-refractivity contribution in [1.82, 2.24) is 5.32 Å². The summed E-state index contributed by atoms with van der Waals surface area (Å²) in [5, 5.41) is 2.89. The van der Waals surface area contributed by atoms with Gasteiger partial charge >= 0.3 is 0 Å². The molecular weight excluding hydrogens is 295 g/mol. The van der Waals surface area contributed by atoms with Crippen LogP contribution in [0.5, 0.6) is 0 Å². The third kappa shape index (κ3) is 2.96. The molecular formula is C10H10BrClN2O2. The Bertz CT molecular complexity index is 437. The van der Waals surface area contributed by atoms with E-state index >= 15 is 0 Å². The highest BCUT2D eigenvalue weighted by atomic mass is 79.9. The zero-order chi connectivity index (χ0) is 12.3. The number of rotatable bonds is 3. The highest BCUT2D eigenvalue weighted by Gasteiger charge is 2.16. The van der Waals surface area contributed by atoms with Gasteiger partial charge in [0, 0.05) is 4.47 Å². The van der Waals surface area contributed by atoms with E-state index < -0.39 is 17.9 Å². The van der Waals surface area contributed by atoms with Gasteiger partial charge in [-0.15, -0.1) is 0 Å². The maximum absolute atomic E-state index is 11.7. The highest BCUT2D eigenvalue weighted by molar-refractivity contribution is 9.10. The van der Waals surface area contributed by atoms with Crippen molar-refractivity contribution in [3.63, 3.8) is 0 Å². The van der Waals surface area contributed by atoms with Crippen molar-refractivity contribution in [1.29, 1.82) is 0 Å². The molecule has 0 unspecified atom stereocenters. The zero-order valence-corrected chi connectivity index (χ0v) is 10.8. The van der Waals surface area contributed by atoms with Crippen LogP contribution < -0.4 is 11.1 Å². The van der Waals surface area contributed by atoms with Gasteiger partial charge < -0.3 is 11.1 Å². The Hall–Kier alpha value is -1.07. The van der Waals surface area contributed by atoms with Crippen LogP contribution in [-0.2, 0) is 4.79 Å². The lowest BCUT2D eigenvalue weighted by Crippen LogP contribution is -2.42. The molecule has 0 spiro atoms. The van der Waals surface area contributed by atoms with E-state index in [1.165, 1.54) is 6.92 Å². The van der Waals surface area contributed by atoms with Crippen LogP contribution in [0.3, 0.4) is 0 Å². The van der Waals surface area contributed by atoms with Gasteiger partial charge in [0.05, 0.1) is 10.6 Å². The SMILES string of the molecule is C[C@@H](NC(=O)c1cccc(Cl)c1Br)C(N)=O. The lowest BCUT2D eigenvalue weighted by atomic mass is 10.2. The van der Waals surface area contributed by atoms with E-state index in [4.69, 9.17) is 17.3 Å². The van der Waals surface area contributed by atoms with E-state index in [1.807, 2.05) is 0 Å². The number of benzene rings is 1. The minimum Gasteiger partial charge on any atom is -0.368 e. The maximum atomic E-state index is 11.7. The number of hydrogen-bond acceptors (Lipinski definition) is 2. The van der Waals surface area contributed by atoms with Crippen LogP contribution in [0.2, 0.25) is 5.02 Å². The number of halogens is 2. The molecule has 1 rings (SSSR count). The van der Waals surface area contributed by atoms with Gasteiger partial charge in [0.2, 0.25) is 5.91 Å². The minimum absolute atomic E-state index is 0.362. The molecule has 1 aromatic carbocycles. The van der Waals surface area contributed by atoms with Gasteiger partial charge in [0.25, 0.3) is 5.91 Å². The molecule has 3 N–H and O–H groups in total. The van der Waals surface area contributed by atoms with Crippen molar-refractivity contribution < 1.29 is 9.59 Å². The fraction of sp³-hybridized carbons (Fsp3) is 0.200. The monoisotopic (exact) mass is 304 g/mol. The van der Waals surface area contributed by atoms with Gasteiger partial charge in [-0.05, 0) is 35.0 Å². The predicted molar refractivity (Wildman–Crippen MR) is 65.3 cm³/mol. The third-order valence-corrected chi connectivity index (χ3v) is 3.37. The summed E-state index contributed by atoms with van der Waals surface area (Å²) in [6.45, 7) is 1.51. The Morgan fingerprint density at radius 1 is 1.50 bits per heavy atom. The van der Waals surface area contributed by atoms with Crippen molar-refractivity contribution >= 4 is 39.3 Å². The van der Waals surface area contributed by atoms with E-state index in [1.54, 1.807) is 18.2 Å². The smallest absolute Gasteiger partial charge is 0.253 e. The topological polar surface area (TPSA) is 72.2 Å². The third-order valence-electron chi connectivity index (χ3n) is 1.97. The number of carbonyl (C=O) groups is 2. The van der Waals surface area contributed by atoms with E-state index in [-0.39, 0.29) is 0 Å². The highest BCUT2D eigenvalue weighted by Crippen LogP contribution is 2.25. The number of primary amides is 1. The van der Waals surface area contributed by atoms with Gasteiger partial charge in [-0.25, -0.2) is 0 Å². The Balaban J connectivity index is 2.89. The molecule has 2 amide bonds. The summed E-state index contributed by atoms with van der Waals surface area (Å²) in [5.74, 6) is -0.993. The van der Waals surface area contributed by atoms with Gasteiger partial charge in [-0.2, -0.15) is 0 Å². The summed E-state index contributed by atoms with van der Waals surface area (Å²) in [6.07, 6.45) is 0. The fourth-order valence-electron chi connectivity index (χ4n) is 1.02. The molecule has 0 heterocycles. The summed E-state index contributed by atoms with van der Waals surface area (Å²) < 4.78 is 0.492. The Morgan fingerprint density at radius 3 is 2.69 bits per heavy atom. The minimum atomic E-state index is -0.724. The number of hydrogen-bond donors (Lipinski definition) is 2. The van der Waals surface area contributed by atoms with Crippen LogP contribution in [-0.4, -0.2) is 17.9 Å². The van der Waals surface area contributed by atoms with Gasteiger partial charge in [-0.1, -0.05) is 17.7 Å². The molecule has 0 saturated carbocycles. The first kappa shape index (κ1) is 13.0. The van der Waals surface area contributed by atoms with E-state index in [2.05, 4.69) is 21.2 Å². The molecule has 1 aromatic rings. The molecule has 6 heteroatoms. The summed E-state index contributed by atoms with van der Waals surface area (Å²) >= 11 is 9.04. The molecule has 0 aliphatic carbocycles. The lowest BCUT2D eigenvalue weighted by molar-refractivity contribution is -0.119. The molecule has 16 heavy (non-hydrogen) atoms. The van der Waals surface area contributed by atoms with Gasteiger partial charge in [0.1, 0.15) is 6.04 Å². The standard InChI is InChI=1S/C10H10BrClN2O2/c1-5(9(13)15)14-10(16)6-3-2-4-7(12)8(6)11/h2-5H,1H3,(H2,13,15)(H,14,16)/t5-/m1/s1. The molecule has 0 aliphatic rings. The first-order valence-corrected chi connectivity index (χ1v) is 5.64. The largest absolute Gasteiger partial charge is 0.368 e. The lowest BCUT2D eigenvalue weighted by Gasteiger charge is -2.11. The second-order valence-electron chi connectivity index (χ2n) is 3.20. The molecule has 0 radical (unpaired) electrons. The van der Waals surface area contributed by atoms with E-state index in [0.717, 1.165) is 0 Å². The average molecular weight is 306 g/mol. The van der Waals surface area contributed by atoms with E-state index in [9.17, 15) is 9.59 Å². The number of nitrogens with one attached hydrogen (secondary N) is 1. The molecule has 0 bridgehead atoms. The number of amides is 2. The number of carbonyl (C=O) groups excluding carboxylic acids is 2. The van der Waals surface area contributed by atoms with E-state index in [0.29, 0.717) is 15.1 Å². The Labute approximate surface area is 106 Å². The average Bonchev–Trinajstić information content (AvgIpc) is 2.21. The quantitative estimate of drug-likeness (QED) is 0.892. The predicted octanol–water partition coefficient (Wildman–Crippen LogP) is 1.71. The van der Waals surface area contributed by atoms with Crippen LogP contribution >= 0.6 is 27.5 Å². The van der Waals surface area contributed by atoms with Crippen LogP contribution in [0.25, 0.3) is 0 Å². The van der Waals surface area contributed by atoms with Crippen molar-refractivity contribution in [3.05, 3.63) is 33.3 Å². The van der Waals surface area contributed by atoms with Crippen LogP contribution in [0, 0.1) is 0 Å². The normalized spacial score (nSPS) is 11.9. The fourth-order valence-corrected chi connectivity index (χ4v) is 1.64. The van der Waals surface area contributed by atoms with Crippen molar-refractivity contribution in [2.75, 3.05) is 0 Å². The second kappa shape index (κ2) is 5.32. The molecule has 0 aromatic heterocycles. The maximum Gasteiger partial charge on any atom is 0.253 e. The van der Waals surface area contributed by atoms with Crippen LogP contribution in [0.1, 0.15) is 17.3 Å². The summed E-state index contributed by atoms with van der Waals surface area (Å²) in [7, 11) is 0. The molecule has 0 saturated heterocycles. The van der Waals surface area contributed by atoms with Crippen molar-refractivity contribution in [2.24, 2.45) is 5.73 Å². The molecule has 0 aliphatic heterocycles. The number of nitrogens with two attached hydrogens (primary N) is 1. The van der Waals surface area contributed by atoms with Gasteiger partial charge in [-0.3, -0.25) is 9.59 Å². The molecule has 4 nitrogen and oxygen atoms in total. The van der Waals surface area contributed by atoms with Crippen molar-refractivity contribution in [2.45, 2.75) is 13.0 Å². The van der Waals surface area contributed by atoms with Gasteiger partial charge in [0.15, 0.2) is 0 Å². The molecule has 86 valence electrons. The summed E-state index contributed by atoms with van der Waals surface area (Å²) in [4.78, 5) is 22.5. The molecule has 1 atom stereocenters. The van der Waals surface area contributed by atoms with Crippen LogP contribution in [0.15, 0.2) is 22.7 Å². The second-order valence-corrected chi connectivity index (χ2v) is 4.40. The summed E-state index contributed by atoms with van der Waals surface area (Å²) in [6, 6.07) is 4.17. The first-order valence-electron chi connectivity index (χ1n) is 4.47. The Morgan fingerprint density at radius 2 is 2.12 bits per heavy atom. The van der Waals surface area contributed by atoms with Crippen LogP contribution in [0.4, 0.5) is 0 Å².